The molecular weight excluding hydrogens is 579 g/mol. The maximum absolute atomic E-state index is 2.39. The summed E-state index contributed by atoms with van der Waals surface area (Å²) in [6.45, 7) is 4.77. The fraction of sp³-hybridized carbons (Fsp3) is 0.0638. The zero-order valence-corrected chi connectivity index (χ0v) is 27.2. The lowest BCUT2D eigenvalue weighted by Crippen LogP contribution is -2.16. The van der Waals surface area contributed by atoms with Crippen LogP contribution in [-0.2, 0) is 5.41 Å². The molecule has 0 amide bonds. The molecule has 1 nitrogen and oxygen atoms in total. The molecule has 1 aliphatic carbocycles. The van der Waals surface area contributed by atoms with E-state index in [1.165, 1.54) is 66.1 Å². The van der Waals surface area contributed by atoms with E-state index in [0.29, 0.717) is 0 Å². The van der Waals surface area contributed by atoms with Gasteiger partial charge < -0.3 is 4.90 Å². The summed E-state index contributed by atoms with van der Waals surface area (Å²) >= 11 is 0. The maximum Gasteiger partial charge on any atom is 0.0467 e. The normalized spacial score (nSPS) is 13.0. The molecule has 0 radical (unpaired) electrons. The average Bonchev–Trinajstić information content (AvgIpc) is 3.39. The number of rotatable bonds is 6. The molecule has 0 aromatic heterocycles. The Bertz CT molecular complexity index is 2460. The number of anilines is 3. The maximum atomic E-state index is 2.39. The van der Waals surface area contributed by atoms with Crippen molar-refractivity contribution in [2.24, 2.45) is 0 Å². The Morgan fingerprint density at radius 2 is 0.875 bits per heavy atom. The van der Waals surface area contributed by atoms with Gasteiger partial charge in [0.2, 0.25) is 0 Å². The summed E-state index contributed by atoms with van der Waals surface area (Å²) in [5.41, 5.74) is 13.5. The molecule has 1 aliphatic rings. The van der Waals surface area contributed by atoms with E-state index in [2.05, 4.69) is 195 Å². The molecule has 0 heterocycles. The average molecular weight is 614 g/mol. The highest BCUT2D eigenvalue weighted by molar-refractivity contribution is 6.16. The Labute approximate surface area is 282 Å². The highest BCUT2D eigenvalue weighted by Crippen LogP contribution is 2.52. The van der Waals surface area contributed by atoms with Crippen LogP contribution in [0.2, 0.25) is 0 Å². The highest BCUT2D eigenvalue weighted by Gasteiger charge is 2.36. The molecule has 0 unspecified atom stereocenters. The van der Waals surface area contributed by atoms with E-state index < -0.39 is 0 Å². The molecule has 0 spiro atoms. The largest absolute Gasteiger partial charge is 0.310 e. The van der Waals surface area contributed by atoms with Crippen molar-refractivity contribution in [2.45, 2.75) is 19.3 Å². The number of hydrogen-bond donors (Lipinski definition) is 0. The number of benzene rings is 8. The molecule has 228 valence electrons. The standard InChI is InChI=1S/C47H35N/c1-47(2)43-21-11-14-35-26-27-36-28-29-42(46(47)45(36)44(35)43)38-16-10-20-41(31-38)48(39-17-7-4-8-18-39)40-19-9-15-37(30-40)34-24-22-33(23-25-34)32-12-5-3-6-13-32/h3-31H,1-2H3. The fourth-order valence-electron chi connectivity index (χ4n) is 7.89. The zero-order valence-electron chi connectivity index (χ0n) is 27.2. The van der Waals surface area contributed by atoms with Crippen molar-refractivity contribution >= 4 is 38.6 Å². The van der Waals surface area contributed by atoms with Crippen molar-refractivity contribution in [3.05, 3.63) is 187 Å². The van der Waals surface area contributed by atoms with E-state index in [1.807, 2.05) is 0 Å². The van der Waals surface area contributed by atoms with Crippen molar-refractivity contribution in [3.63, 3.8) is 0 Å². The van der Waals surface area contributed by atoms with Crippen LogP contribution < -0.4 is 4.90 Å². The molecular formula is C47H35N. The lowest BCUT2D eigenvalue weighted by molar-refractivity contribution is 0.664. The lowest BCUT2D eigenvalue weighted by atomic mass is 9.78. The minimum atomic E-state index is -0.0996. The predicted molar refractivity (Wildman–Crippen MR) is 205 cm³/mol. The number of nitrogens with zero attached hydrogens (tertiary/aromatic N) is 1. The van der Waals surface area contributed by atoms with Gasteiger partial charge in [-0.25, -0.2) is 0 Å². The Hall–Kier alpha value is -5.92. The molecule has 0 saturated carbocycles. The summed E-state index contributed by atoms with van der Waals surface area (Å²) in [5.74, 6) is 0. The molecule has 0 N–H and O–H groups in total. The van der Waals surface area contributed by atoms with Gasteiger partial charge in [0.1, 0.15) is 0 Å². The van der Waals surface area contributed by atoms with Gasteiger partial charge >= 0.3 is 0 Å². The SMILES string of the molecule is CC1(C)c2cccc3ccc4ccc(-c5cccc(N(c6ccccc6)c6cccc(-c7ccc(-c8ccccc8)cc7)c6)c5)c1c4c23. The van der Waals surface area contributed by atoms with Crippen molar-refractivity contribution in [3.8, 4) is 33.4 Å². The number of hydrogen-bond acceptors (Lipinski definition) is 1. The first-order chi connectivity index (χ1) is 23.6. The van der Waals surface area contributed by atoms with E-state index >= 15 is 0 Å². The first-order valence-electron chi connectivity index (χ1n) is 16.8. The van der Waals surface area contributed by atoms with Gasteiger partial charge in [-0.15, -0.1) is 0 Å². The first kappa shape index (κ1) is 28.3. The van der Waals surface area contributed by atoms with E-state index in [-0.39, 0.29) is 5.41 Å². The van der Waals surface area contributed by atoms with Crippen molar-refractivity contribution in [2.75, 3.05) is 4.90 Å². The lowest BCUT2D eigenvalue weighted by Gasteiger charge is -2.28. The van der Waals surface area contributed by atoms with Gasteiger partial charge in [-0.2, -0.15) is 0 Å². The quantitative estimate of drug-likeness (QED) is 0.169. The van der Waals surface area contributed by atoms with Gasteiger partial charge in [-0.3, -0.25) is 0 Å². The van der Waals surface area contributed by atoms with Crippen LogP contribution in [0.5, 0.6) is 0 Å². The zero-order chi connectivity index (χ0) is 32.2. The van der Waals surface area contributed by atoms with Crippen LogP contribution in [0.25, 0.3) is 54.9 Å². The van der Waals surface area contributed by atoms with Crippen LogP contribution in [-0.4, -0.2) is 0 Å². The fourth-order valence-corrected chi connectivity index (χ4v) is 7.89. The van der Waals surface area contributed by atoms with Gasteiger partial charge in [0.15, 0.2) is 0 Å². The van der Waals surface area contributed by atoms with Gasteiger partial charge in [0.25, 0.3) is 0 Å². The summed E-state index contributed by atoms with van der Waals surface area (Å²) in [6, 6.07) is 64.1. The van der Waals surface area contributed by atoms with Gasteiger partial charge in [-0.05, 0) is 102 Å². The smallest absolute Gasteiger partial charge is 0.0467 e. The van der Waals surface area contributed by atoms with Crippen LogP contribution in [0.4, 0.5) is 17.1 Å². The molecule has 0 fully saturated rings. The molecule has 8 aromatic carbocycles. The Kier molecular flexibility index (Phi) is 6.55. The molecule has 0 saturated heterocycles. The van der Waals surface area contributed by atoms with Crippen LogP contribution in [0.1, 0.15) is 25.0 Å². The summed E-state index contributed by atoms with van der Waals surface area (Å²) in [6.07, 6.45) is 0. The summed E-state index contributed by atoms with van der Waals surface area (Å²) < 4.78 is 0. The molecule has 8 aromatic rings. The van der Waals surface area contributed by atoms with Gasteiger partial charge in [-0.1, -0.05) is 153 Å². The van der Waals surface area contributed by atoms with Gasteiger partial charge in [0.05, 0.1) is 0 Å². The number of para-hydroxylation sites is 1. The topological polar surface area (TPSA) is 3.24 Å². The van der Waals surface area contributed by atoms with Crippen LogP contribution >= 0.6 is 0 Å². The van der Waals surface area contributed by atoms with Crippen molar-refractivity contribution < 1.29 is 0 Å². The molecule has 48 heavy (non-hydrogen) atoms. The summed E-state index contributed by atoms with van der Waals surface area (Å²) in [7, 11) is 0. The second-order valence-electron chi connectivity index (χ2n) is 13.4. The van der Waals surface area contributed by atoms with E-state index in [4.69, 9.17) is 0 Å². The third-order valence-electron chi connectivity index (χ3n) is 10.2. The van der Waals surface area contributed by atoms with Gasteiger partial charge in [0, 0.05) is 22.5 Å². The predicted octanol–water partition coefficient (Wildman–Crippen LogP) is 13.1. The Morgan fingerprint density at radius 3 is 1.58 bits per heavy atom. The van der Waals surface area contributed by atoms with Crippen LogP contribution in [0, 0.1) is 0 Å². The molecule has 0 atom stereocenters. The Morgan fingerprint density at radius 1 is 0.375 bits per heavy atom. The minimum Gasteiger partial charge on any atom is -0.310 e. The second kappa shape index (κ2) is 11.1. The van der Waals surface area contributed by atoms with Crippen molar-refractivity contribution in [1.82, 2.24) is 0 Å². The summed E-state index contributed by atoms with van der Waals surface area (Å²) in [5, 5.41) is 5.45. The second-order valence-corrected chi connectivity index (χ2v) is 13.4. The van der Waals surface area contributed by atoms with Crippen LogP contribution in [0.3, 0.4) is 0 Å². The minimum absolute atomic E-state index is 0.0996. The Balaban J connectivity index is 1.16. The van der Waals surface area contributed by atoms with Crippen molar-refractivity contribution in [1.29, 1.82) is 0 Å². The summed E-state index contributed by atoms with van der Waals surface area (Å²) in [4.78, 5) is 2.38. The third kappa shape index (κ3) is 4.54. The van der Waals surface area contributed by atoms with E-state index in [0.717, 1.165) is 17.1 Å². The first-order valence-corrected chi connectivity index (χ1v) is 16.8. The van der Waals surface area contributed by atoms with E-state index in [9.17, 15) is 0 Å². The monoisotopic (exact) mass is 613 g/mol. The van der Waals surface area contributed by atoms with E-state index in [1.54, 1.807) is 0 Å². The molecule has 0 aliphatic heterocycles. The molecule has 0 bridgehead atoms. The third-order valence-corrected chi connectivity index (χ3v) is 10.2. The highest BCUT2D eigenvalue weighted by atomic mass is 15.1. The van der Waals surface area contributed by atoms with Crippen LogP contribution in [0.15, 0.2) is 176 Å². The molecule has 1 heteroatoms. The molecule has 9 rings (SSSR count).